The second kappa shape index (κ2) is 4.48. The Labute approximate surface area is 97.2 Å². The second-order valence-corrected chi connectivity index (χ2v) is 3.24. The minimum Gasteiger partial charge on any atom is -0.439 e. The zero-order chi connectivity index (χ0) is 12.3. The van der Waals surface area contributed by atoms with Crippen LogP contribution in [-0.2, 0) is 0 Å². The Morgan fingerprint density at radius 3 is 2.47 bits per heavy atom. The molecule has 1 aromatic heterocycles. The van der Waals surface area contributed by atoms with Gasteiger partial charge in [0.15, 0.2) is 0 Å². The molecular formula is C11H10N4O2. The van der Waals surface area contributed by atoms with E-state index >= 15 is 0 Å². The van der Waals surface area contributed by atoms with Gasteiger partial charge in [0.1, 0.15) is 5.75 Å². The predicted molar refractivity (Wildman–Crippen MR) is 61.5 cm³/mol. The molecule has 0 aliphatic heterocycles. The lowest BCUT2D eigenvalue weighted by Crippen LogP contribution is -2.10. The Bertz CT molecular complexity index is 539. The summed E-state index contributed by atoms with van der Waals surface area (Å²) in [5, 5.41) is 0. The fourth-order valence-electron chi connectivity index (χ4n) is 1.22. The first-order chi connectivity index (χ1) is 8.15. The van der Waals surface area contributed by atoms with Gasteiger partial charge in [0.05, 0.1) is 0 Å². The van der Waals surface area contributed by atoms with Gasteiger partial charge in [-0.1, -0.05) is 0 Å². The zero-order valence-electron chi connectivity index (χ0n) is 8.83. The number of amides is 1. The Kier molecular flexibility index (Phi) is 2.87. The Morgan fingerprint density at radius 2 is 1.88 bits per heavy atom. The molecule has 0 spiro atoms. The van der Waals surface area contributed by atoms with Gasteiger partial charge in [0.25, 0.3) is 0 Å². The van der Waals surface area contributed by atoms with E-state index in [0.29, 0.717) is 17.2 Å². The highest BCUT2D eigenvalue weighted by atomic mass is 16.5. The maximum absolute atomic E-state index is 10.9. The average molecular weight is 230 g/mol. The van der Waals surface area contributed by atoms with Gasteiger partial charge < -0.3 is 16.2 Å². The molecule has 4 N–H and O–H groups in total. The Hall–Kier alpha value is -2.63. The zero-order valence-corrected chi connectivity index (χ0v) is 8.83. The summed E-state index contributed by atoms with van der Waals surface area (Å²) >= 11 is 0. The molecule has 0 unspecified atom stereocenters. The van der Waals surface area contributed by atoms with Crippen LogP contribution in [0.4, 0.5) is 5.95 Å². The lowest BCUT2D eigenvalue weighted by molar-refractivity contribution is 0.100. The number of nitrogens with zero attached hydrogens (tertiary/aromatic N) is 2. The highest BCUT2D eigenvalue weighted by Crippen LogP contribution is 2.19. The molecule has 86 valence electrons. The number of carbonyl (C=O) groups is 1. The predicted octanol–water partition coefficient (Wildman–Crippen LogP) is 0.950. The lowest BCUT2D eigenvalue weighted by atomic mass is 10.2. The number of benzene rings is 1. The van der Waals surface area contributed by atoms with Crippen molar-refractivity contribution in [2.45, 2.75) is 0 Å². The number of aromatic nitrogens is 2. The topological polar surface area (TPSA) is 104 Å². The first-order valence-electron chi connectivity index (χ1n) is 4.81. The van der Waals surface area contributed by atoms with Gasteiger partial charge in [-0.3, -0.25) is 4.79 Å². The monoisotopic (exact) mass is 230 g/mol. The van der Waals surface area contributed by atoms with E-state index in [4.69, 9.17) is 16.2 Å². The van der Waals surface area contributed by atoms with Crippen molar-refractivity contribution in [2.75, 3.05) is 5.73 Å². The second-order valence-electron chi connectivity index (χ2n) is 3.24. The van der Waals surface area contributed by atoms with Gasteiger partial charge in [-0.2, -0.15) is 4.98 Å². The molecule has 6 heteroatoms. The van der Waals surface area contributed by atoms with Crippen LogP contribution in [0.15, 0.2) is 36.5 Å². The number of hydrogen-bond donors (Lipinski definition) is 2. The third kappa shape index (κ3) is 2.69. The van der Waals surface area contributed by atoms with Crippen molar-refractivity contribution in [1.29, 1.82) is 0 Å². The SMILES string of the molecule is NC(=O)c1ccc(Oc2ccnc(N)n2)cc1. The van der Waals surface area contributed by atoms with Gasteiger partial charge in [-0.05, 0) is 24.3 Å². The van der Waals surface area contributed by atoms with Crippen LogP contribution >= 0.6 is 0 Å². The van der Waals surface area contributed by atoms with Crippen LogP contribution in [-0.4, -0.2) is 15.9 Å². The van der Waals surface area contributed by atoms with Crippen molar-refractivity contribution in [3.05, 3.63) is 42.1 Å². The van der Waals surface area contributed by atoms with E-state index in [9.17, 15) is 4.79 Å². The highest BCUT2D eigenvalue weighted by Gasteiger charge is 2.02. The number of rotatable bonds is 3. The minimum absolute atomic E-state index is 0.135. The van der Waals surface area contributed by atoms with E-state index in [1.807, 2.05) is 0 Å². The van der Waals surface area contributed by atoms with Gasteiger partial charge >= 0.3 is 0 Å². The number of nitrogens with two attached hydrogens (primary N) is 2. The fourth-order valence-corrected chi connectivity index (χ4v) is 1.22. The molecule has 1 amide bonds. The molecule has 0 bridgehead atoms. The summed E-state index contributed by atoms with van der Waals surface area (Å²) in [5.74, 6) is 0.525. The Balaban J connectivity index is 2.16. The maximum atomic E-state index is 10.9. The molecule has 0 atom stereocenters. The van der Waals surface area contributed by atoms with E-state index in [-0.39, 0.29) is 5.95 Å². The third-order valence-corrected chi connectivity index (χ3v) is 2.01. The normalized spacial score (nSPS) is 9.88. The average Bonchev–Trinajstić information content (AvgIpc) is 2.29. The lowest BCUT2D eigenvalue weighted by Gasteiger charge is -2.04. The molecule has 0 saturated carbocycles. The summed E-state index contributed by atoms with van der Waals surface area (Å²) in [5.41, 5.74) is 10.9. The smallest absolute Gasteiger partial charge is 0.248 e. The summed E-state index contributed by atoms with van der Waals surface area (Å²) in [4.78, 5) is 18.5. The van der Waals surface area contributed by atoms with Crippen LogP contribution in [0.3, 0.4) is 0 Å². The molecular weight excluding hydrogens is 220 g/mol. The first-order valence-corrected chi connectivity index (χ1v) is 4.81. The molecule has 0 saturated heterocycles. The molecule has 6 nitrogen and oxygen atoms in total. The number of hydrogen-bond acceptors (Lipinski definition) is 5. The van der Waals surface area contributed by atoms with E-state index < -0.39 is 5.91 Å². The van der Waals surface area contributed by atoms with Crippen molar-refractivity contribution >= 4 is 11.9 Å². The highest BCUT2D eigenvalue weighted by molar-refractivity contribution is 5.92. The fraction of sp³-hybridized carbons (Fsp3) is 0. The van der Waals surface area contributed by atoms with E-state index in [1.165, 1.54) is 6.20 Å². The maximum Gasteiger partial charge on any atom is 0.248 e. The number of primary amides is 1. The van der Waals surface area contributed by atoms with Crippen LogP contribution < -0.4 is 16.2 Å². The minimum atomic E-state index is -0.483. The van der Waals surface area contributed by atoms with Crippen molar-refractivity contribution in [3.8, 4) is 11.6 Å². The summed E-state index contributed by atoms with van der Waals surface area (Å²) in [6.07, 6.45) is 1.50. The van der Waals surface area contributed by atoms with E-state index in [1.54, 1.807) is 30.3 Å². The largest absolute Gasteiger partial charge is 0.439 e. The molecule has 2 aromatic rings. The van der Waals surface area contributed by atoms with Gasteiger partial charge in [0, 0.05) is 17.8 Å². The molecule has 0 aliphatic rings. The van der Waals surface area contributed by atoms with Crippen molar-refractivity contribution < 1.29 is 9.53 Å². The summed E-state index contributed by atoms with van der Waals surface area (Å²) in [6, 6.07) is 7.97. The van der Waals surface area contributed by atoms with Gasteiger partial charge in [0.2, 0.25) is 17.7 Å². The summed E-state index contributed by atoms with van der Waals surface area (Å²) in [7, 11) is 0. The van der Waals surface area contributed by atoms with Crippen molar-refractivity contribution in [1.82, 2.24) is 9.97 Å². The number of carbonyl (C=O) groups excluding carboxylic acids is 1. The summed E-state index contributed by atoms with van der Waals surface area (Å²) in [6.45, 7) is 0. The quantitative estimate of drug-likeness (QED) is 0.816. The number of anilines is 1. The summed E-state index contributed by atoms with van der Waals surface area (Å²) < 4.78 is 5.41. The van der Waals surface area contributed by atoms with E-state index in [2.05, 4.69) is 9.97 Å². The van der Waals surface area contributed by atoms with Gasteiger partial charge in [-0.25, -0.2) is 4.98 Å². The van der Waals surface area contributed by atoms with Crippen molar-refractivity contribution in [2.24, 2.45) is 5.73 Å². The van der Waals surface area contributed by atoms with Crippen molar-refractivity contribution in [3.63, 3.8) is 0 Å². The standard InChI is InChI=1S/C11H10N4O2/c12-10(16)7-1-3-8(4-2-7)17-9-5-6-14-11(13)15-9/h1-6H,(H2,12,16)(H2,13,14,15). The molecule has 2 rings (SSSR count). The Morgan fingerprint density at radius 1 is 1.18 bits per heavy atom. The van der Waals surface area contributed by atoms with Gasteiger partial charge in [-0.15, -0.1) is 0 Å². The van der Waals surface area contributed by atoms with E-state index in [0.717, 1.165) is 0 Å². The molecule has 0 fully saturated rings. The molecule has 1 heterocycles. The molecule has 1 aromatic carbocycles. The van der Waals surface area contributed by atoms with Crippen LogP contribution in [0.2, 0.25) is 0 Å². The van der Waals surface area contributed by atoms with Crippen LogP contribution in [0, 0.1) is 0 Å². The van der Waals surface area contributed by atoms with Crippen LogP contribution in [0.25, 0.3) is 0 Å². The molecule has 0 aliphatic carbocycles. The molecule has 17 heavy (non-hydrogen) atoms. The van der Waals surface area contributed by atoms with Crippen LogP contribution in [0.5, 0.6) is 11.6 Å². The third-order valence-electron chi connectivity index (χ3n) is 2.01. The molecule has 0 radical (unpaired) electrons. The first kappa shape index (κ1) is 10.9. The number of nitrogen functional groups attached to an aromatic ring is 1. The number of ether oxygens (including phenoxy) is 1. The van der Waals surface area contributed by atoms with Crippen LogP contribution in [0.1, 0.15) is 10.4 Å².